The van der Waals surface area contributed by atoms with Crippen LogP contribution in [0.2, 0.25) is 0 Å². The third-order valence-corrected chi connectivity index (χ3v) is 4.54. The van der Waals surface area contributed by atoms with E-state index < -0.39 is 5.56 Å². The number of halogens is 1. The second-order valence-electron chi connectivity index (χ2n) is 6.57. The number of aromatic nitrogens is 2. The van der Waals surface area contributed by atoms with Crippen LogP contribution >= 0.6 is 0 Å². The Bertz CT molecular complexity index is 1030. The molecule has 0 spiro atoms. The topological polar surface area (TPSA) is 56.1 Å². The zero-order valence-corrected chi connectivity index (χ0v) is 15.8. The van der Waals surface area contributed by atoms with Crippen molar-refractivity contribution in [1.82, 2.24) is 9.55 Å². The lowest BCUT2D eigenvalue weighted by atomic mass is 10.1. The Morgan fingerprint density at radius 1 is 1.07 bits per heavy atom. The number of benzene rings is 2. The average Bonchev–Trinajstić information content (AvgIpc) is 2.63. The van der Waals surface area contributed by atoms with E-state index in [1.807, 2.05) is 19.9 Å². The molecule has 1 N–H and O–H groups in total. The van der Waals surface area contributed by atoms with Gasteiger partial charge in [0, 0.05) is 5.69 Å². The van der Waals surface area contributed by atoms with Crippen molar-refractivity contribution < 1.29 is 9.13 Å². The van der Waals surface area contributed by atoms with Crippen molar-refractivity contribution in [3.63, 3.8) is 0 Å². The molecule has 3 rings (SSSR count). The maximum absolute atomic E-state index is 13.2. The lowest BCUT2D eigenvalue weighted by Crippen LogP contribution is -2.19. The van der Waals surface area contributed by atoms with Crippen molar-refractivity contribution >= 4 is 11.6 Å². The average molecular weight is 367 g/mol. The van der Waals surface area contributed by atoms with Gasteiger partial charge in [-0.15, -0.1) is 0 Å². The van der Waals surface area contributed by atoms with Crippen LogP contribution in [0.5, 0.6) is 5.75 Å². The molecule has 1 aromatic heterocycles. The Hall–Kier alpha value is -3.15. The van der Waals surface area contributed by atoms with Gasteiger partial charge >= 0.3 is 5.56 Å². The smallest absolute Gasteiger partial charge is 0.316 e. The standard InChI is InChI=1S/C21H22FN3O2/c1-13-9-15(3)18(10-14(13)2)23-21-24-20(26)19(27-4)12-25(21)11-16-5-7-17(22)8-6-16/h5-10,12H,11H2,1-4H3,(H,23,24,26). The Balaban J connectivity index is 2.03. The fourth-order valence-corrected chi connectivity index (χ4v) is 2.84. The van der Waals surface area contributed by atoms with Crippen LogP contribution in [0.25, 0.3) is 0 Å². The lowest BCUT2D eigenvalue weighted by molar-refractivity contribution is 0.402. The predicted octanol–water partition coefficient (Wildman–Crippen LogP) is 4.11. The highest BCUT2D eigenvalue weighted by molar-refractivity contribution is 5.61. The fraction of sp³-hybridized carbons (Fsp3) is 0.238. The first-order chi connectivity index (χ1) is 12.9. The molecular weight excluding hydrogens is 345 g/mol. The Labute approximate surface area is 157 Å². The van der Waals surface area contributed by atoms with E-state index in [9.17, 15) is 9.18 Å². The molecule has 0 aliphatic rings. The highest BCUT2D eigenvalue weighted by atomic mass is 19.1. The Morgan fingerprint density at radius 2 is 1.74 bits per heavy atom. The predicted molar refractivity (Wildman–Crippen MR) is 104 cm³/mol. The number of ether oxygens (including phenoxy) is 1. The zero-order chi connectivity index (χ0) is 19.6. The van der Waals surface area contributed by atoms with Gasteiger partial charge in [0.2, 0.25) is 11.7 Å². The van der Waals surface area contributed by atoms with Crippen molar-refractivity contribution in [2.75, 3.05) is 12.4 Å². The summed E-state index contributed by atoms with van der Waals surface area (Å²) in [6.45, 7) is 6.51. The summed E-state index contributed by atoms with van der Waals surface area (Å²) < 4.78 is 20.1. The minimum atomic E-state index is -0.447. The molecule has 0 radical (unpaired) electrons. The quantitative estimate of drug-likeness (QED) is 0.737. The van der Waals surface area contributed by atoms with Crippen molar-refractivity contribution in [2.24, 2.45) is 0 Å². The molecule has 140 valence electrons. The molecule has 0 amide bonds. The van der Waals surface area contributed by atoms with Gasteiger partial charge in [0.15, 0.2) is 0 Å². The van der Waals surface area contributed by atoms with Gasteiger partial charge in [-0.1, -0.05) is 18.2 Å². The molecule has 6 heteroatoms. The summed E-state index contributed by atoms with van der Waals surface area (Å²) in [5, 5.41) is 3.25. The van der Waals surface area contributed by atoms with E-state index in [0.717, 1.165) is 22.4 Å². The van der Waals surface area contributed by atoms with Crippen LogP contribution < -0.4 is 15.6 Å². The van der Waals surface area contributed by atoms with Crippen LogP contribution in [0.4, 0.5) is 16.0 Å². The molecule has 27 heavy (non-hydrogen) atoms. The van der Waals surface area contributed by atoms with Gasteiger partial charge in [0.25, 0.3) is 0 Å². The number of hydrogen-bond donors (Lipinski definition) is 1. The molecule has 0 bridgehead atoms. The van der Waals surface area contributed by atoms with Crippen LogP contribution in [0.1, 0.15) is 22.3 Å². The molecule has 0 aliphatic carbocycles. The third kappa shape index (κ3) is 4.16. The molecule has 0 saturated heterocycles. The fourth-order valence-electron chi connectivity index (χ4n) is 2.84. The van der Waals surface area contributed by atoms with E-state index >= 15 is 0 Å². The number of rotatable bonds is 5. The van der Waals surface area contributed by atoms with Gasteiger partial charge in [-0.05, 0) is 61.2 Å². The number of aryl methyl sites for hydroxylation is 3. The van der Waals surface area contributed by atoms with Crippen molar-refractivity contribution in [2.45, 2.75) is 27.3 Å². The van der Waals surface area contributed by atoms with Gasteiger partial charge in [-0.2, -0.15) is 4.98 Å². The molecule has 0 unspecified atom stereocenters. The molecule has 3 aromatic rings. The summed E-state index contributed by atoms with van der Waals surface area (Å²) in [6.07, 6.45) is 1.61. The first kappa shape index (κ1) is 18.6. The van der Waals surface area contributed by atoms with E-state index in [-0.39, 0.29) is 11.6 Å². The summed E-state index contributed by atoms with van der Waals surface area (Å²) in [5.41, 5.74) is 4.70. The highest BCUT2D eigenvalue weighted by Gasteiger charge is 2.12. The summed E-state index contributed by atoms with van der Waals surface area (Å²) in [6, 6.07) is 10.3. The first-order valence-electron chi connectivity index (χ1n) is 8.62. The van der Waals surface area contributed by atoms with Crippen LogP contribution in [-0.4, -0.2) is 16.7 Å². The van der Waals surface area contributed by atoms with E-state index in [0.29, 0.717) is 12.5 Å². The zero-order valence-electron chi connectivity index (χ0n) is 15.8. The number of nitrogens with one attached hydrogen (secondary N) is 1. The van der Waals surface area contributed by atoms with E-state index in [2.05, 4.69) is 23.3 Å². The van der Waals surface area contributed by atoms with Gasteiger partial charge < -0.3 is 14.6 Å². The van der Waals surface area contributed by atoms with Crippen molar-refractivity contribution in [3.8, 4) is 5.75 Å². The molecular formula is C21H22FN3O2. The third-order valence-electron chi connectivity index (χ3n) is 4.54. The van der Waals surface area contributed by atoms with E-state index in [4.69, 9.17) is 4.74 Å². The van der Waals surface area contributed by atoms with Crippen LogP contribution in [-0.2, 0) is 6.54 Å². The minimum Gasteiger partial charge on any atom is -0.490 e. The van der Waals surface area contributed by atoms with Crippen LogP contribution in [0.15, 0.2) is 47.4 Å². The molecule has 2 aromatic carbocycles. The van der Waals surface area contributed by atoms with Crippen LogP contribution in [0.3, 0.4) is 0 Å². The number of nitrogens with zero attached hydrogens (tertiary/aromatic N) is 2. The monoisotopic (exact) mass is 367 g/mol. The molecule has 0 aliphatic heterocycles. The Morgan fingerprint density at radius 3 is 2.41 bits per heavy atom. The second kappa shape index (κ2) is 7.61. The summed E-state index contributed by atoms with van der Waals surface area (Å²) >= 11 is 0. The van der Waals surface area contributed by atoms with Gasteiger partial charge in [0.1, 0.15) is 5.82 Å². The molecule has 0 atom stereocenters. The van der Waals surface area contributed by atoms with Crippen molar-refractivity contribution in [1.29, 1.82) is 0 Å². The van der Waals surface area contributed by atoms with E-state index in [1.54, 1.807) is 22.9 Å². The van der Waals surface area contributed by atoms with E-state index in [1.165, 1.54) is 24.8 Å². The SMILES string of the molecule is COc1cn(Cc2ccc(F)cc2)c(Nc2cc(C)c(C)cc2C)nc1=O. The summed E-state index contributed by atoms with van der Waals surface area (Å²) in [4.78, 5) is 16.3. The maximum Gasteiger partial charge on any atom is 0.316 e. The molecule has 0 saturated carbocycles. The normalized spacial score (nSPS) is 10.7. The van der Waals surface area contributed by atoms with Gasteiger partial charge in [0.05, 0.1) is 19.9 Å². The van der Waals surface area contributed by atoms with Gasteiger partial charge in [-0.25, -0.2) is 4.39 Å². The summed E-state index contributed by atoms with van der Waals surface area (Å²) in [7, 11) is 1.43. The number of methoxy groups -OCH3 is 1. The largest absolute Gasteiger partial charge is 0.490 e. The Kier molecular flexibility index (Phi) is 5.26. The summed E-state index contributed by atoms with van der Waals surface area (Å²) in [5.74, 6) is 0.259. The number of hydrogen-bond acceptors (Lipinski definition) is 4. The van der Waals surface area contributed by atoms with Crippen LogP contribution in [0, 0.1) is 26.6 Å². The minimum absolute atomic E-state index is 0.152. The number of anilines is 2. The molecule has 0 fully saturated rings. The van der Waals surface area contributed by atoms with Gasteiger partial charge in [-0.3, -0.25) is 4.79 Å². The molecule has 5 nitrogen and oxygen atoms in total. The molecule has 1 heterocycles. The second-order valence-corrected chi connectivity index (χ2v) is 6.57. The van der Waals surface area contributed by atoms with Crippen molar-refractivity contribution in [3.05, 3.63) is 81.0 Å². The highest BCUT2D eigenvalue weighted by Crippen LogP contribution is 2.24. The first-order valence-corrected chi connectivity index (χ1v) is 8.62. The lowest BCUT2D eigenvalue weighted by Gasteiger charge is -2.17. The maximum atomic E-state index is 13.2.